The second kappa shape index (κ2) is 6.93. The lowest BCUT2D eigenvalue weighted by Gasteiger charge is -2.13. The molecule has 0 aliphatic heterocycles. The number of carboxylic acids is 1. The van der Waals surface area contributed by atoms with Crippen molar-refractivity contribution in [3.8, 4) is 17.0 Å². The summed E-state index contributed by atoms with van der Waals surface area (Å²) in [6.45, 7) is 2.43. The van der Waals surface area contributed by atoms with Crippen LogP contribution < -0.4 is 10.3 Å². The Morgan fingerprint density at radius 1 is 1.18 bits per heavy atom. The fourth-order valence-corrected chi connectivity index (χ4v) is 2.38. The Morgan fingerprint density at radius 2 is 1.86 bits per heavy atom. The van der Waals surface area contributed by atoms with E-state index in [9.17, 15) is 9.59 Å². The number of hydrogen-bond donors (Lipinski definition) is 1. The summed E-state index contributed by atoms with van der Waals surface area (Å²) < 4.78 is 6.80. The van der Waals surface area contributed by atoms with E-state index in [2.05, 4.69) is 0 Å². The van der Waals surface area contributed by atoms with E-state index in [0.29, 0.717) is 12.1 Å². The van der Waals surface area contributed by atoms with Crippen LogP contribution in [0, 0.1) is 0 Å². The maximum absolute atomic E-state index is 12.5. The number of hydrogen-bond acceptors (Lipinski definition) is 3. The zero-order chi connectivity index (χ0) is 16.1. The summed E-state index contributed by atoms with van der Waals surface area (Å²) in [6, 6.07) is 11.1. The van der Waals surface area contributed by atoms with Gasteiger partial charge >= 0.3 is 5.97 Å². The first kappa shape index (κ1) is 15.8. The lowest BCUT2D eigenvalue weighted by atomic mass is 10.1. The van der Waals surface area contributed by atoms with Crippen LogP contribution in [0.5, 0.6) is 5.75 Å². The quantitative estimate of drug-likeness (QED) is 0.890. The number of aryl methyl sites for hydroxylation is 1. The Kier molecular flexibility index (Phi) is 4.99. The molecule has 0 spiro atoms. The maximum atomic E-state index is 12.5. The second-order valence-electron chi connectivity index (χ2n) is 4.92. The first-order valence-electron chi connectivity index (χ1n) is 7.15. The number of benzene rings is 1. The summed E-state index contributed by atoms with van der Waals surface area (Å²) in [7, 11) is 1.61. The molecule has 2 aromatic rings. The fourth-order valence-electron chi connectivity index (χ4n) is 2.38. The lowest BCUT2D eigenvalue weighted by Crippen LogP contribution is -2.24. The highest BCUT2D eigenvalue weighted by atomic mass is 16.5. The molecule has 0 unspecified atom stereocenters. The van der Waals surface area contributed by atoms with Gasteiger partial charge in [-0.25, -0.2) is 0 Å². The third-order valence-electron chi connectivity index (χ3n) is 3.56. The molecule has 0 saturated heterocycles. The molecule has 0 bridgehead atoms. The van der Waals surface area contributed by atoms with Crippen molar-refractivity contribution in [1.29, 1.82) is 0 Å². The molecule has 1 aromatic carbocycles. The van der Waals surface area contributed by atoms with Gasteiger partial charge in [0.25, 0.3) is 5.56 Å². The number of aromatic nitrogens is 1. The molecule has 1 heterocycles. The summed E-state index contributed by atoms with van der Waals surface area (Å²) in [5.41, 5.74) is 2.14. The molecule has 0 radical (unpaired) electrons. The summed E-state index contributed by atoms with van der Waals surface area (Å²) in [5, 5.41) is 8.75. The number of methoxy groups -OCH3 is 1. The van der Waals surface area contributed by atoms with Crippen LogP contribution >= 0.6 is 0 Å². The molecule has 1 N–H and O–H groups in total. The van der Waals surface area contributed by atoms with Crippen molar-refractivity contribution in [2.24, 2.45) is 0 Å². The van der Waals surface area contributed by atoms with Crippen molar-refractivity contribution in [3.63, 3.8) is 0 Å². The van der Waals surface area contributed by atoms with E-state index in [-0.39, 0.29) is 18.4 Å². The van der Waals surface area contributed by atoms with Crippen molar-refractivity contribution in [3.05, 3.63) is 52.3 Å². The average molecular weight is 301 g/mol. The smallest absolute Gasteiger partial charge is 0.303 e. The minimum absolute atomic E-state index is 0.0408. The molecule has 116 valence electrons. The molecule has 0 saturated carbocycles. The lowest BCUT2D eigenvalue weighted by molar-refractivity contribution is -0.136. The van der Waals surface area contributed by atoms with Crippen LogP contribution in [0.1, 0.15) is 18.9 Å². The first-order valence-corrected chi connectivity index (χ1v) is 7.15. The van der Waals surface area contributed by atoms with Gasteiger partial charge in [-0.15, -0.1) is 0 Å². The van der Waals surface area contributed by atoms with Gasteiger partial charge in [0, 0.05) is 18.5 Å². The minimum atomic E-state index is -0.901. The van der Waals surface area contributed by atoms with Crippen LogP contribution in [0.3, 0.4) is 0 Å². The number of aliphatic carboxylic acids is 1. The Balaban J connectivity index is 2.41. The van der Waals surface area contributed by atoms with Gasteiger partial charge in [-0.1, -0.05) is 6.07 Å². The molecule has 2 rings (SSSR count). The summed E-state index contributed by atoms with van der Waals surface area (Å²) in [5.74, 6) is -0.145. The first-order chi connectivity index (χ1) is 10.6. The van der Waals surface area contributed by atoms with Crippen molar-refractivity contribution in [2.45, 2.75) is 26.3 Å². The largest absolute Gasteiger partial charge is 0.497 e. The number of ether oxygens (including phenoxy) is 1. The van der Waals surface area contributed by atoms with Crippen molar-refractivity contribution in [1.82, 2.24) is 4.57 Å². The number of pyridine rings is 1. The zero-order valence-electron chi connectivity index (χ0n) is 12.7. The monoisotopic (exact) mass is 301 g/mol. The van der Waals surface area contributed by atoms with E-state index in [1.54, 1.807) is 17.7 Å². The predicted octanol–water partition coefficient (Wildman–Crippen LogP) is 2.56. The van der Waals surface area contributed by atoms with Gasteiger partial charge in [0.05, 0.1) is 12.8 Å². The highest BCUT2D eigenvalue weighted by Crippen LogP contribution is 2.22. The minimum Gasteiger partial charge on any atom is -0.497 e. The molecule has 1 aromatic heterocycles. The van der Waals surface area contributed by atoms with Gasteiger partial charge in [-0.05, 0) is 49.2 Å². The number of carbonyl (C=O) groups is 1. The van der Waals surface area contributed by atoms with Gasteiger partial charge in [0.1, 0.15) is 5.75 Å². The van der Waals surface area contributed by atoms with Crippen LogP contribution in [-0.4, -0.2) is 22.8 Å². The molecule has 0 aliphatic rings. The van der Waals surface area contributed by atoms with Gasteiger partial charge < -0.3 is 14.4 Å². The summed E-state index contributed by atoms with van der Waals surface area (Å²) in [6.07, 6.45) is 0.206. The molecule has 0 fully saturated rings. The number of rotatable bonds is 6. The number of nitrogens with zero attached hydrogens (tertiary/aromatic N) is 1. The fraction of sp³-hybridized carbons (Fsp3) is 0.294. The highest BCUT2D eigenvalue weighted by Gasteiger charge is 2.10. The van der Waals surface area contributed by atoms with E-state index in [4.69, 9.17) is 9.84 Å². The van der Waals surface area contributed by atoms with Gasteiger partial charge in [-0.2, -0.15) is 0 Å². The highest BCUT2D eigenvalue weighted by molar-refractivity contribution is 5.67. The normalized spacial score (nSPS) is 10.5. The Bertz CT molecular complexity index is 716. The maximum Gasteiger partial charge on any atom is 0.303 e. The van der Waals surface area contributed by atoms with Gasteiger partial charge in [-0.3, -0.25) is 9.59 Å². The van der Waals surface area contributed by atoms with Crippen molar-refractivity contribution >= 4 is 5.97 Å². The average Bonchev–Trinajstić information content (AvgIpc) is 2.53. The van der Waals surface area contributed by atoms with Crippen molar-refractivity contribution in [2.75, 3.05) is 7.11 Å². The SMILES string of the molecule is CCn1c(-c2ccc(OC)cc2)ccc(CCC(=O)O)c1=O. The summed E-state index contributed by atoms with van der Waals surface area (Å²) in [4.78, 5) is 23.1. The van der Waals surface area contributed by atoms with E-state index < -0.39 is 5.97 Å². The van der Waals surface area contributed by atoms with Crippen LogP contribution in [0.4, 0.5) is 0 Å². The predicted molar refractivity (Wildman–Crippen MR) is 84.3 cm³/mol. The third-order valence-corrected chi connectivity index (χ3v) is 3.56. The molecule has 0 amide bonds. The molecule has 0 aliphatic carbocycles. The van der Waals surface area contributed by atoms with Crippen molar-refractivity contribution < 1.29 is 14.6 Å². The molecule has 5 nitrogen and oxygen atoms in total. The zero-order valence-corrected chi connectivity index (χ0v) is 12.7. The van der Waals surface area contributed by atoms with Crippen LogP contribution in [-0.2, 0) is 17.8 Å². The second-order valence-corrected chi connectivity index (χ2v) is 4.92. The van der Waals surface area contributed by atoms with Crippen LogP contribution in [0.2, 0.25) is 0 Å². The topological polar surface area (TPSA) is 68.5 Å². The molecular formula is C17H19NO4. The Labute approximate surface area is 128 Å². The van der Waals surface area contributed by atoms with Gasteiger partial charge in [0.2, 0.25) is 0 Å². The Morgan fingerprint density at radius 3 is 2.41 bits per heavy atom. The molecule has 5 heteroatoms. The molecule has 0 atom stereocenters. The number of carboxylic acid groups (broad SMARTS) is 1. The standard InChI is InChI=1S/C17H19NO4/c1-3-18-15(12-4-8-14(22-2)9-5-12)10-6-13(17(18)21)7-11-16(19)20/h4-6,8-10H,3,7,11H2,1-2H3,(H,19,20). The summed E-state index contributed by atoms with van der Waals surface area (Å²) >= 11 is 0. The third kappa shape index (κ3) is 3.36. The van der Waals surface area contributed by atoms with Crippen LogP contribution in [0.25, 0.3) is 11.3 Å². The molecular weight excluding hydrogens is 282 g/mol. The van der Waals surface area contributed by atoms with E-state index >= 15 is 0 Å². The van der Waals surface area contributed by atoms with E-state index in [1.807, 2.05) is 37.3 Å². The van der Waals surface area contributed by atoms with E-state index in [1.165, 1.54) is 0 Å². The molecule has 22 heavy (non-hydrogen) atoms. The van der Waals surface area contributed by atoms with Gasteiger partial charge in [0.15, 0.2) is 0 Å². The van der Waals surface area contributed by atoms with E-state index in [0.717, 1.165) is 17.0 Å². The van der Waals surface area contributed by atoms with Crippen LogP contribution in [0.15, 0.2) is 41.2 Å². The Hall–Kier alpha value is -2.56.